The predicted octanol–water partition coefficient (Wildman–Crippen LogP) is 4.44. The van der Waals surface area contributed by atoms with Crippen LogP contribution in [0.3, 0.4) is 0 Å². The van der Waals surface area contributed by atoms with Crippen LogP contribution in [0.1, 0.15) is 29.5 Å². The summed E-state index contributed by atoms with van der Waals surface area (Å²) in [6, 6.07) is 13.4. The van der Waals surface area contributed by atoms with Crippen molar-refractivity contribution < 1.29 is 19.0 Å². The van der Waals surface area contributed by atoms with Crippen LogP contribution in [-0.2, 0) is 11.3 Å². The van der Waals surface area contributed by atoms with Crippen molar-refractivity contribution in [1.29, 1.82) is 0 Å². The quantitative estimate of drug-likeness (QED) is 0.515. The Morgan fingerprint density at radius 1 is 1.03 bits per heavy atom. The maximum absolute atomic E-state index is 12.8. The van der Waals surface area contributed by atoms with Crippen molar-refractivity contribution >= 4 is 11.7 Å². The molecule has 1 saturated heterocycles. The number of hydrogen-bond acceptors (Lipinski definition) is 7. The van der Waals surface area contributed by atoms with Crippen LogP contribution in [0.25, 0.3) is 0 Å². The molecule has 4 rings (SSSR count). The standard InChI is InChI=1S/C27H32N4O4/c1-18-6-5-7-23(19(18)2)35-26-15-25(29-17-30-26)31-12-10-20(11-13-31)27(32)28-16-21-14-22(33-3)8-9-24(21)34-4/h5-9,14-15,17,20H,10-13,16H2,1-4H3,(H,28,32). The normalized spacial score (nSPS) is 13.9. The lowest BCUT2D eigenvalue weighted by atomic mass is 9.96. The average Bonchev–Trinajstić information content (AvgIpc) is 2.90. The third-order valence-electron chi connectivity index (χ3n) is 6.53. The van der Waals surface area contributed by atoms with Gasteiger partial charge in [0, 0.05) is 37.2 Å². The van der Waals surface area contributed by atoms with E-state index >= 15 is 0 Å². The number of aryl methyl sites for hydroxylation is 1. The average molecular weight is 477 g/mol. The number of amides is 1. The highest BCUT2D eigenvalue weighted by atomic mass is 16.5. The van der Waals surface area contributed by atoms with E-state index in [1.54, 1.807) is 14.2 Å². The van der Waals surface area contributed by atoms with Crippen molar-refractivity contribution in [2.45, 2.75) is 33.2 Å². The first-order valence-electron chi connectivity index (χ1n) is 11.8. The van der Waals surface area contributed by atoms with Gasteiger partial charge in [0.05, 0.1) is 14.2 Å². The Bertz CT molecular complexity index is 1180. The molecule has 0 unspecified atom stereocenters. The molecule has 0 atom stereocenters. The number of anilines is 1. The van der Waals surface area contributed by atoms with E-state index in [9.17, 15) is 4.79 Å². The molecular weight excluding hydrogens is 444 g/mol. The van der Waals surface area contributed by atoms with Gasteiger partial charge >= 0.3 is 0 Å². The van der Waals surface area contributed by atoms with E-state index < -0.39 is 0 Å². The fourth-order valence-electron chi connectivity index (χ4n) is 4.22. The number of carbonyl (C=O) groups excluding carboxylic acids is 1. The molecule has 0 bridgehead atoms. The molecule has 8 heteroatoms. The number of methoxy groups -OCH3 is 2. The Hall–Kier alpha value is -3.81. The first-order valence-corrected chi connectivity index (χ1v) is 11.8. The highest BCUT2D eigenvalue weighted by molar-refractivity contribution is 5.79. The summed E-state index contributed by atoms with van der Waals surface area (Å²) in [6.45, 7) is 5.96. The van der Waals surface area contributed by atoms with E-state index in [0.29, 0.717) is 12.4 Å². The Balaban J connectivity index is 1.33. The largest absolute Gasteiger partial charge is 0.497 e. The van der Waals surface area contributed by atoms with Crippen LogP contribution < -0.4 is 24.4 Å². The zero-order chi connectivity index (χ0) is 24.8. The zero-order valence-corrected chi connectivity index (χ0v) is 20.7. The molecule has 0 aliphatic carbocycles. The molecule has 8 nitrogen and oxygen atoms in total. The predicted molar refractivity (Wildman–Crippen MR) is 134 cm³/mol. The highest BCUT2D eigenvalue weighted by Crippen LogP contribution is 2.29. The first kappa shape index (κ1) is 24.3. The van der Waals surface area contributed by atoms with Crippen LogP contribution in [-0.4, -0.2) is 43.2 Å². The lowest BCUT2D eigenvalue weighted by Crippen LogP contribution is -2.40. The van der Waals surface area contributed by atoms with Crippen LogP contribution in [0.2, 0.25) is 0 Å². The summed E-state index contributed by atoms with van der Waals surface area (Å²) in [6.07, 6.45) is 3.02. The zero-order valence-electron chi connectivity index (χ0n) is 20.7. The van der Waals surface area contributed by atoms with Gasteiger partial charge in [-0.3, -0.25) is 4.79 Å². The van der Waals surface area contributed by atoms with Crippen molar-refractivity contribution in [2.24, 2.45) is 5.92 Å². The molecule has 1 aliphatic heterocycles. The molecule has 35 heavy (non-hydrogen) atoms. The van der Waals surface area contributed by atoms with E-state index in [4.69, 9.17) is 14.2 Å². The van der Waals surface area contributed by atoms with E-state index in [1.807, 2.05) is 43.3 Å². The van der Waals surface area contributed by atoms with Gasteiger partial charge in [-0.1, -0.05) is 12.1 Å². The van der Waals surface area contributed by atoms with E-state index in [2.05, 4.69) is 33.2 Å². The van der Waals surface area contributed by atoms with Gasteiger partial charge in [-0.05, 0) is 62.1 Å². The SMILES string of the molecule is COc1ccc(OC)c(CNC(=O)C2CCN(c3cc(Oc4cccc(C)c4C)ncn3)CC2)c1. The molecule has 2 heterocycles. The minimum Gasteiger partial charge on any atom is -0.497 e. The number of rotatable bonds is 8. The van der Waals surface area contributed by atoms with Crippen molar-refractivity contribution in [3.63, 3.8) is 0 Å². The second-order valence-corrected chi connectivity index (χ2v) is 8.67. The number of aromatic nitrogens is 2. The van der Waals surface area contributed by atoms with Gasteiger partial charge in [-0.2, -0.15) is 0 Å². The van der Waals surface area contributed by atoms with E-state index in [1.165, 1.54) is 11.9 Å². The number of nitrogens with zero attached hydrogens (tertiary/aromatic N) is 3. The van der Waals surface area contributed by atoms with Crippen LogP contribution in [0.15, 0.2) is 48.8 Å². The minimum absolute atomic E-state index is 0.0460. The third kappa shape index (κ3) is 5.82. The number of hydrogen-bond donors (Lipinski definition) is 1. The molecule has 1 N–H and O–H groups in total. The first-order chi connectivity index (χ1) is 17.0. The number of carbonyl (C=O) groups is 1. The molecule has 1 aliphatic rings. The van der Waals surface area contributed by atoms with Gasteiger partial charge in [0.1, 0.15) is 29.4 Å². The summed E-state index contributed by atoms with van der Waals surface area (Å²) in [5.41, 5.74) is 3.14. The summed E-state index contributed by atoms with van der Waals surface area (Å²) in [4.78, 5) is 23.7. The summed E-state index contributed by atoms with van der Waals surface area (Å²) in [5.74, 6) is 3.57. The second-order valence-electron chi connectivity index (χ2n) is 8.67. The van der Waals surface area contributed by atoms with Crippen LogP contribution in [0, 0.1) is 19.8 Å². The molecule has 1 fully saturated rings. The minimum atomic E-state index is -0.0460. The molecule has 1 aromatic heterocycles. The topological polar surface area (TPSA) is 85.8 Å². The molecule has 0 radical (unpaired) electrons. The second kappa shape index (κ2) is 11.1. The maximum Gasteiger partial charge on any atom is 0.224 e. The number of ether oxygens (including phenoxy) is 3. The lowest BCUT2D eigenvalue weighted by molar-refractivity contribution is -0.125. The molecule has 0 spiro atoms. The molecule has 1 amide bonds. The van der Waals surface area contributed by atoms with Crippen LogP contribution in [0.5, 0.6) is 23.1 Å². The monoisotopic (exact) mass is 476 g/mol. The van der Waals surface area contributed by atoms with Crippen LogP contribution >= 0.6 is 0 Å². The lowest BCUT2D eigenvalue weighted by Gasteiger charge is -2.32. The summed E-state index contributed by atoms with van der Waals surface area (Å²) < 4.78 is 16.7. The van der Waals surface area contributed by atoms with Gasteiger partial charge in [0.15, 0.2) is 0 Å². The van der Waals surface area contributed by atoms with E-state index in [-0.39, 0.29) is 11.8 Å². The maximum atomic E-state index is 12.8. The van der Waals surface area contributed by atoms with Crippen molar-refractivity contribution in [3.8, 4) is 23.1 Å². The Morgan fingerprint density at radius 2 is 1.83 bits per heavy atom. The fourth-order valence-corrected chi connectivity index (χ4v) is 4.22. The van der Waals surface area contributed by atoms with Gasteiger partial charge in [0.25, 0.3) is 0 Å². The Labute approximate surface area is 206 Å². The number of nitrogens with one attached hydrogen (secondary N) is 1. The molecule has 0 saturated carbocycles. The number of piperidine rings is 1. The van der Waals surface area contributed by atoms with Gasteiger partial charge in [-0.25, -0.2) is 9.97 Å². The fraction of sp³-hybridized carbons (Fsp3) is 0.370. The van der Waals surface area contributed by atoms with Crippen molar-refractivity contribution in [2.75, 3.05) is 32.2 Å². The van der Waals surface area contributed by atoms with Crippen molar-refractivity contribution in [3.05, 3.63) is 65.5 Å². The Kier molecular flexibility index (Phi) is 7.70. The number of benzene rings is 2. The van der Waals surface area contributed by atoms with Gasteiger partial charge in [0.2, 0.25) is 11.8 Å². The summed E-state index contributed by atoms with van der Waals surface area (Å²) in [5, 5.41) is 3.06. The van der Waals surface area contributed by atoms with Gasteiger partial charge < -0.3 is 24.4 Å². The molecule has 3 aromatic rings. The highest BCUT2D eigenvalue weighted by Gasteiger charge is 2.26. The smallest absolute Gasteiger partial charge is 0.224 e. The van der Waals surface area contributed by atoms with Gasteiger partial charge in [-0.15, -0.1) is 0 Å². The summed E-state index contributed by atoms with van der Waals surface area (Å²) in [7, 11) is 3.24. The van der Waals surface area contributed by atoms with E-state index in [0.717, 1.165) is 60.1 Å². The Morgan fingerprint density at radius 3 is 2.57 bits per heavy atom. The van der Waals surface area contributed by atoms with Crippen LogP contribution in [0.4, 0.5) is 5.82 Å². The molecule has 2 aromatic carbocycles. The third-order valence-corrected chi connectivity index (χ3v) is 6.53. The molecular formula is C27H32N4O4. The molecule has 184 valence electrons. The summed E-state index contributed by atoms with van der Waals surface area (Å²) >= 11 is 0. The van der Waals surface area contributed by atoms with Crippen molar-refractivity contribution in [1.82, 2.24) is 15.3 Å².